The van der Waals surface area contributed by atoms with E-state index < -0.39 is 0 Å². The van der Waals surface area contributed by atoms with Crippen molar-refractivity contribution < 1.29 is 9.21 Å². The van der Waals surface area contributed by atoms with Crippen LogP contribution in [0.4, 0.5) is 0 Å². The lowest BCUT2D eigenvalue weighted by atomic mass is 10.1. The maximum absolute atomic E-state index is 10.5. The van der Waals surface area contributed by atoms with Gasteiger partial charge in [0.15, 0.2) is 12.0 Å². The summed E-state index contributed by atoms with van der Waals surface area (Å²) in [6.45, 7) is 2.10. The molecule has 1 aromatic heterocycles. The molecule has 3 heteroatoms. The Labute approximate surface area is 102 Å². The second-order valence-electron chi connectivity index (χ2n) is 3.48. The second kappa shape index (κ2) is 4.66. The van der Waals surface area contributed by atoms with Crippen molar-refractivity contribution in [3.8, 4) is 11.3 Å². The summed E-state index contributed by atoms with van der Waals surface area (Å²) in [6, 6.07) is 9.52. The zero-order valence-electron chi connectivity index (χ0n) is 8.87. The Morgan fingerprint density at radius 3 is 2.75 bits per heavy atom. The number of aryl methyl sites for hydroxylation is 1. The van der Waals surface area contributed by atoms with E-state index in [1.54, 1.807) is 6.07 Å². The highest BCUT2D eigenvalue weighted by molar-refractivity contribution is 9.10. The molecule has 0 radical (unpaired) electrons. The van der Waals surface area contributed by atoms with Crippen molar-refractivity contribution in [1.82, 2.24) is 0 Å². The molecule has 0 N–H and O–H groups in total. The number of aldehydes is 1. The van der Waals surface area contributed by atoms with E-state index in [9.17, 15) is 4.79 Å². The molecule has 2 nitrogen and oxygen atoms in total. The van der Waals surface area contributed by atoms with Gasteiger partial charge in [-0.15, -0.1) is 0 Å². The molecule has 0 aliphatic heterocycles. The molecule has 0 atom stereocenters. The summed E-state index contributed by atoms with van der Waals surface area (Å²) in [6.07, 6.45) is 1.67. The fourth-order valence-electron chi connectivity index (χ4n) is 1.57. The Balaban J connectivity index is 2.43. The van der Waals surface area contributed by atoms with Crippen molar-refractivity contribution in [1.29, 1.82) is 0 Å². The molecule has 2 rings (SSSR count). The summed E-state index contributed by atoms with van der Waals surface area (Å²) in [5.41, 5.74) is 2.22. The van der Waals surface area contributed by atoms with E-state index in [4.69, 9.17) is 4.42 Å². The SMILES string of the molecule is CCc1cc(-c2ccc(C=O)o2)ccc1Br. The van der Waals surface area contributed by atoms with Gasteiger partial charge in [-0.1, -0.05) is 28.9 Å². The Hall–Kier alpha value is -1.35. The Morgan fingerprint density at radius 1 is 1.31 bits per heavy atom. The van der Waals surface area contributed by atoms with E-state index in [1.807, 2.05) is 18.2 Å². The minimum absolute atomic E-state index is 0.357. The van der Waals surface area contributed by atoms with Crippen LogP contribution in [-0.4, -0.2) is 6.29 Å². The van der Waals surface area contributed by atoms with Gasteiger partial charge in [-0.3, -0.25) is 4.79 Å². The van der Waals surface area contributed by atoms with E-state index >= 15 is 0 Å². The smallest absolute Gasteiger partial charge is 0.185 e. The fraction of sp³-hybridized carbons (Fsp3) is 0.154. The minimum Gasteiger partial charge on any atom is -0.453 e. The van der Waals surface area contributed by atoms with Crippen LogP contribution in [0.3, 0.4) is 0 Å². The molecule has 1 aromatic carbocycles. The lowest BCUT2D eigenvalue weighted by Crippen LogP contribution is -1.84. The highest BCUT2D eigenvalue weighted by Crippen LogP contribution is 2.27. The summed E-state index contributed by atoms with van der Waals surface area (Å²) in [5, 5.41) is 0. The second-order valence-corrected chi connectivity index (χ2v) is 4.33. The number of rotatable bonds is 3. The van der Waals surface area contributed by atoms with Crippen molar-refractivity contribution in [2.45, 2.75) is 13.3 Å². The van der Waals surface area contributed by atoms with Gasteiger partial charge in [-0.2, -0.15) is 0 Å². The maximum atomic E-state index is 10.5. The summed E-state index contributed by atoms with van der Waals surface area (Å²) < 4.78 is 6.47. The van der Waals surface area contributed by atoms with Crippen molar-refractivity contribution in [3.63, 3.8) is 0 Å². The van der Waals surface area contributed by atoms with Crippen LogP contribution in [-0.2, 0) is 6.42 Å². The molecular weight excluding hydrogens is 268 g/mol. The van der Waals surface area contributed by atoms with Gasteiger partial charge in [0.25, 0.3) is 0 Å². The molecular formula is C13H11BrO2. The molecule has 0 unspecified atom stereocenters. The van der Waals surface area contributed by atoms with Gasteiger partial charge >= 0.3 is 0 Å². The van der Waals surface area contributed by atoms with Crippen LogP contribution in [0.15, 0.2) is 39.2 Å². The third-order valence-corrected chi connectivity index (χ3v) is 3.23. The molecule has 0 bridgehead atoms. The van der Waals surface area contributed by atoms with Crippen molar-refractivity contribution in [2.24, 2.45) is 0 Å². The first-order valence-electron chi connectivity index (χ1n) is 5.08. The van der Waals surface area contributed by atoms with Crippen LogP contribution in [0.5, 0.6) is 0 Å². The Morgan fingerprint density at radius 2 is 2.12 bits per heavy atom. The molecule has 0 saturated carbocycles. The van der Waals surface area contributed by atoms with Crippen molar-refractivity contribution in [2.75, 3.05) is 0 Å². The van der Waals surface area contributed by atoms with Gasteiger partial charge in [0.1, 0.15) is 5.76 Å². The van der Waals surface area contributed by atoms with Gasteiger partial charge in [0, 0.05) is 10.0 Å². The van der Waals surface area contributed by atoms with E-state index in [0.717, 1.165) is 22.2 Å². The summed E-state index contributed by atoms with van der Waals surface area (Å²) in [7, 11) is 0. The van der Waals surface area contributed by atoms with E-state index in [0.29, 0.717) is 12.0 Å². The average Bonchev–Trinajstić information content (AvgIpc) is 2.78. The number of halogens is 1. The van der Waals surface area contributed by atoms with E-state index in [2.05, 4.69) is 28.9 Å². The molecule has 0 aliphatic rings. The Bertz CT molecular complexity index is 514. The first-order chi connectivity index (χ1) is 7.74. The first-order valence-corrected chi connectivity index (χ1v) is 5.87. The van der Waals surface area contributed by atoms with Crippen LogP contribution in [0.2, 0.25) is 0 Å². The van der Waals surface area contributed by atoms with E-state index in [-0.39, 0.29) is 0 Å². The zero-order chi connectivity index (χ0) is 11.5. The predicted molar refractivity (Wildman–Crippen MR) is 66.6 cm³/mol. The van der Waals surface area contributed by atoms with Gasteiger partial charge in [0.05, 0.1) is 0 Å². The van der Waals surface area contributed by atoms with Gasteiger partial charge in [0.2, 0.25) is 0 Å². The molecule has 2 aromatic rings. The molecule has 0 fully saturated rings. The molecule has 0 saturated heterocycles. The summed E-state index contributed by atoms with van der Waals surface area (Å²) in [4.78, 5) is 10.5. The normalized spacial score (nSPS) is 10.4. The number of carbonyl (C=O) groups is 1. The number of benzene rings is 1. The largest absolute Gasteiger partial charge is 0.453 e. The monoisotopic (exact) mass is 278 g/mol. The molecule has 1 heterocycles. The molecule has 0 spiro atoms. The van der Waals surface area contributed by atoms with Crippen LogP contribution in [0.25, 0.3) is 11.3 Å². The Kier molecular flexibility index (Phi) is 3.25. The molecule has 0 amide bonds. The number of furan rings is 1. The third kappa shape index (κ3) is 2.09. The lowest BCUT2D eigenvalue weighted by Gasteiger charge is -2.03. The fourth-order valence-corrected chi connectivity index (χ4v) is 2.10. The summed E-state index contributed by atoms with van der Waals surface area (Å²) >= 11 is 3.50. The first kappa shape index (κ1) is 11.1. The van der Waals surface area contributed by atoms with Crippen LogP contribution in [0, 0.1) is 0 Å². The molecule has 0 aliphatic carbocycles. The predicted octanol–water partition coefficient (Wildman–Crippen LogP) is 4.08. The highest BCUT2D eigenvalue weighted by Gasteiger charge is 2.06. The van der Waals surface area contributed by atoms with Crippen LogP contribution < -0.4 is 0 Å². The number of hydrogen-bond acceptors (Lipinski definition) is 2. The topological polar surface area (TPSA) is 30.2 Å². The van der Waals surface area contributed by atoms with Gasteiger partial charge in [-0.25, -0.2) is 0 Å². The zero-order valence-corrected chi connectivity index (χ0v) is 10.5. The number of carbonyl (C=O) groups excluding carboxylic acids is 1. The summed E-state index contributed by atoms with van der Waals surface area (Å²) in [5.74, 6) is 1.08. The van der Waals surface area contributed by atoms with Crippen LogP contribution in [0.1, 0.15) is 23.0 Å². The van der Waals surface area contributed by atoms with Crippen molar-refractivity contribution in [3.05, 3.63) is 46.1 Å². The van der Waals surface area contributed by atoms with Crippen LogP contribution >= 0.6 is 15.9 Å². The van der Waals surface area contributed by atoms with Crippen molar-refractivity contribution >= 4 is 22.2 Å². The lowest BCUT2D eigenvalue weighted by molar-refractivity contribution is 0.110. The maximum Gasteiger partial charge on any atom is 0.185 e. The minimum atomic E-state index is 0.357. The quantitative estimate of drug-likeness (QED) is 0.792. The standard InChI is InChI=1S/C13H11BrO2/c1-2-9-7-10(3-5-12(9)14)13-6-4-11(8-15)16-13/h3-8H,2H2,1H3. The third-order valence-electron chi connectivity index (χ3n) is 2.45. The van der Waals surface area contributed by atoms with Gasteiger partial charge < -0.3 is 4.42 Å². The molecule has 16 heavy (non-hydrogen) atoms. The average molecular weight is 279 g/mol. The van der Waals surface area contributed by atoms with E-state index in [1.165, 1.54) is 5.56 Å². The van der Waals surface area contributed by atoms with Gasteiger partial charge in [-0.05, 0) is 36.2 Å². The molecule has 82 valence electrons. The highest BCUT2D eigenvalue weighted by atomic mass is 79.9. The number of hydrogen-bond donors (Lipinski definition) is 0.